The van der Waals surface area contributed by atoms with Gasteiger partial charge >= 0.3 is 0 Å². The highest BCUT2D eigenvalue weighted by atomic mass is 32.2. The van der Waals surface area contributed by atoms with Gasteiger partial charge in [0.2, 0.25) is 16.0 Å². The van der Waals surface area contributed by atoms with Gasteiger partial charge in [-0.1, -0.05) is 12.2 Å². The van der Waals surface area contributed by atoms with Crippen molar-refractivity contribution in [2.75, 3.05) is 31.1 Å². The molecule has 2 rings (SSSR count). The molecular formula is C11H17N5O2S2. The Morgan fingerprint density at radius 1 is 1.30 bits per heavy atom. The van der Waals surface area contributed by atoms with E-state index in [0.29, 0.717) is 32.1 Å². The van der Waals surface area contributed by atoms with E-state index in [1.54, 1.807) is 18.5 Å². The highest BCUT2D eigenvalue weighted by Crippen LogP contribution is 2.15. The predicted molar refractivity (Wildman–Crippen MR) is 81.0 cm³/mol. The molecule has 7 nitrogen and oxygen atoms in total. The number of hydrogen-bond acceptors (Lipinski definition) is 6. The molecule has 1 saturated heterocycles. The van der Waals surface area contributed by atoms with E-state index in [1.807, 2.05) is 4.90 Å². The topological polar surface area (TPSA) is 92.4 Å². The number of piperazine rings is 1. The van der Waals surface area contributed by atoms with Crippen molar-refractivity contribution in [1.82, 2.24) is 14.3 Å². The van der Waals surface area contributed by atoms with E-state index in [0.717, 1.165) is 0 Å². The lowest BCUT2D eigenvalue weighted by molar-refractivity contribution is 0.381. The second-order valence-electron chi connectivity index (χ2n) is 4.52. The van der Waals surface area contributed by atoms with E-state index in [2.05, 4.69) is 9.97 Å². The lowest BCUT2D eigenvalue weighted by atomic mass is 10.4. The SMILES string of the molecule is CC(C(N)=S)S(=O)(=O)N1CCN(c2ncccn2)CC1. The lowest BCUT2D eigenvalue weighted by Gasteiger charge is -2.35. The first-order valence-electron chi connectivity index (χ1n) is 6.23. The van der Waals surface area contributed by atoms with Crippen molar-refractivity contribution in [3.8, 4) is 0 Å². The average Bonchev–Trinajstić information content (AvgIpc) is 2.47. The van der Waals surface area contributed by atoms with Crippen molar-refractivity contribution < 1.29 is 8.42 Å². The number of nitrogens with zero attached hydrogens (tertiary/aromatic N) is 4. The normalized spacial score (nSPS) is 18.8. The zero-order valence-corrected chi connectivity index (χ0v) is 12.8. The van der Waals surface area contributed by atoms with Gasteiger partial charge < -0.3 is 10.6 Å². The van der Waals surface area contributed by atoms with Gasteiger partial charge in [0.1, 0.15) is 5.25 Å². The molecule has 2 heterocycles. The van der Waals surface area contributed by atoms with Crippen LogP contribution in [0.25, 0.3) is 0 Å². The van der Waals surface area contributed by atoms with Gasteiger partial charge in [-0.2, -0.15) is 4.31 Å². The largest absolute Gasteiger partial charge is 0.392 e. The van der Waals surface area contributed by atoms with Crippen molar-refractivity contribution >= 4 is 33.2 Å². The molecule has 9 heteroatoms. The molecule has 0 amide bonds. The highest BCUT2D eigenvalue weighted by Gasteiger charge is 2.33. The number of sulfonamides is 1. The van der Waals surface area contributed by atoms with Crippen molar-refractivity contribution in [3.63, 3.8) is 0 Å². The first-order valence-corrected chi connectivity index (χ1v) is 8.14. The quantitative estimate of drug-likeness (QED) is 0.756. The van der Waals surface area contributed by atoms with Gasteiger partial charge in [-0.05, 0) is 13.0 Å². The Balaban J connectivity index is 2.03. The van der Waals surface area contributed by atoms with Crippen LogP contribution in [0.2, 0.25) is 0 Å². The van der Waals surface area contributed by atoms with Crippen LogP contribution in [0, 0.1) is 0 Å². The molecule has 0 bridgehead atoms. The number of anilines is 1. The molecule has 20 heavy (non-hydrogen) atoms. The zero-order chi connectivity index (χ0) is 14.8. The third-order valence-electron chi connectivity index (χ3n) is 3.28. The summed E-state index contributed by atoms with van der Waals surface area (Å²) >= 11 is 4.78. The van der Waals surface area contributed by atoms with E-state index in [4.69, 9.17) is 18.0 Å². The maximum Gasteiger partial charge on any atom is 0.225 e. The van der Waals surface area contributed by atoms with Gasteiger partial charge in [-0.15, -0.1) is 0 Å². The summed E-state index contributed by atoms with van der Waals surface area (Å²) in [6, 6.07) is 1.74. The summed E-state index contributed by atoms with van der Waals surface area (Å²) in [7, 11) is -3.47. The molecular weight excluding hydrogens is 298 g/mol. The van der Waals surface area contributed by atoms with Gasteiger partial charge in [-0.3, -0.25) is 0 Å². The van der Waals surface area contributed by atoms with E-state index in [-0.39, 0.29) is 4.99 Å². The maximum atomic E-state index is 12.3. The monoisotopic (exact) mass is 315 g/mol. The number of thiocarbonyl (C=S) groups is 1. The third-order valence-corrected chi connectivity index (χ3v) is 6.02. The Hall–Kier alpha value is -1.32. The molecule has 1 aliphatic rings. The van der Waals surface area contributed by atoms with Crippen molar-refractivity contribution in [3.05, 3.63) is 18.5 Å². The summed E-state index contributed by atoms with van der Waals surface area (Å²) in [5.74, 6) is 0.618. The summed E-state index contributed by atoms with van der Waals surface area (Å²) < 4.78 is 26.0. The molecule has 1 aliphatic heterocycles. The van der Waals surface area contributed by atoms with E-state index in [1.165, 1.54) is 11.2 Å². The first-order chi connectivity index (χ1) is 9.43. The van der Waals surface area contributed by atoms with Gasteiger partial charge in [0.05, 0.1) is 4.99 Å². The van der Waals surface area contributed by atoms with Crippen molar-refractivity contribution in [2.45, 2.75) is 12.2 Å². The predicted octanol–water partition coefficient (Wildman–Crippen LogP) is -0.397. The standard InChI is InChI=1S/C11H17N5O2S2/c1-9(10(12)19)20(17,18)16-7-5-15(6-8-16)11-13-3-2-4-14-11/h2-4,9H,5-8H2,1H3,(H2,12,19). The Labute approximate surface area is 123 Å². The summed E-state index contributed by atoms with van der Waals surface area (Å²) in [5.41, 5.74) is 5.44. The lowest BCUT2D eigenvalue weighted by Crippen LogP contribution is -2.52. The zero-order valence-electron chi connectivity index (χ0n) is 11.1. The fourth-order valence-electron chi connectivity index (χ4n) is 1.97. The molecule has 1 atom stereocenters. The number of hydrogen-bond donors (Lipinski definition) is 1. The van der Waals surface area contributed by atoms with E-state index in [9.17, 15) is 8.42 Å². The van der Waals surface area contributed by atoms with Gasteiger partial charge in [0, 0.05) is 38.6 Å². The minimum atomic E-state index is -3.47. The van der Waals surface area contributed by atoms with Crippen molar-refractivity contribution in [1.29, 1.82) is 0 Å². The van der Waals surface area contributed by atoms with Crippen LogP contribution < -0.4 is 10.6 Å². The molecule has 0 aliphatic carbocycles. The smallest absolute Gasteiger partial charge is 0.225 e. The summed E-state index contributed by atoms with van der Waals surface area (Å²) in [6.45, 7) is 3.38. The van der Waals surface area contributed by atoms with Crippen LogP contribution >= 0.6 is 12.2 Å². The Kier molecular flexibility index (Phi) is 4.51. The molecule has 1 unspecified atom stereocenters. The molecule has 0 radical (unpaired) electrons. The number of rotatable bonds is 4. The summed E-state index contributed by atoms with van der Waals surface area (Å²) in [4.78, 5) is 10.3. The fourth-order valence-corrected chi connectivity index (χ4v) is 3.75. The molecule has 1 fully saturated rings. The molecule has 2 N–H and O–H groups in total. The van der Waals surface area contributed by atoms with Crippen LogP contribution in [-0.4, -0.2) is 59.1 Å². The van der Waals surface area contributed by atoms with Gasteiger partial charge in [0.25, 0.3) is 0 Å². The summed E-state index contributed by atoms with van der Waals surface area (Å²) in [5, 5.41) is -0.836. The molecule has 1 aromatic rings. The van der Waals surface area contributed by atoms with E-state index >= 15 is 0 Å². The number of nitrogens with two attached hydrogens (primary N) is 1. The molecule has 110 valence electrons. The maximum absolute atomic E-state index is 12.3. The minimum Gasteiger partial charge on any atom is -0.392 e. The second-order valence-corrected chi connectivity index (χ2v) is 7.25. The molecule has 0 aromatic carbocycles. The van der Waals surface area contributed by atoms with Crippen LogP contribution in [0.3, 0.4) is 0 Å². The Morgan fingerprint density at radius 3 is 2.35 bits per heavy atom. The number of aromatic nitrogens is 2. The highest BCUT2D eigenvalue weighted by molar-refractivity contribution is 7.92. The molecule has 0 spiro atoms. The van der Waals surface area contributed by atoms with Crippen molar-refractivity contribution in [2.24, 2.45) is 5.73 Å². The van der Waals surface area contributed by atoms with Gasteiger partial charge in [0.15, 0.2) is 0 Å². The van der Waals surface area contributed by atoms with Crippen LogP contribution in [0.4, 0.5) is 5.95 Å². The molecule has 0 saturated carbocycles. The Morgan fingerprint density at radius 2 is 1.85 bits per heavy atom. The third kappa shape index (κ3) is 3.05. The second kappa shape index (κ2) is 5.98. The molecule has 1 aromatic heterocycles. The fraction of sp³-hybridized carbons (Fsp3) is 0.545. The minimum absolute atomic E-state index is 0.00109. The average molecular weight is 315 g/mol. The van der Waals surface area contributed by atoms with Gasteiger partial charge in [-0.25, -0.2) is 18.4 Å². The van der Waals surface area contributed by atoms with E-state index < -0.39 is 15.3 Å². The first kappa shape index (κ1) is 15.1. The summed E-state index contributed by atoms with van der Waals surface area (Å²) in [6.07, 6.45) is 3.33. The Bertz CT molecular complexity index is 570. The van der Waals surface area contributed by atoms with Crippen LogP contribution in [-0.2, 0) is 10.0 Å². The van der Waals surface area contributed by atoms with Crippen LogP contribution in [0.15, 0.2) is 18.5 Å². The van der Waals surface area contributed by atoms with Crippen LogP contribution in [0.1, 0.15) is 6.92 Å². The van der Waals surface area contributed by atoms with Crippen LogP contribution in [0.5, 0.6) is 0 Å².